The van der Waals surface area contributed by atoms with Crippen molar-refractivity contribution >= 4 is 5.91 Å². The molecule has 2 aliphatic carbocycles. The van der Waals surface area contributed by atoms with Crippen molar-refractivity contribution in [3.05, 3.63) is 35.4 Å². The highest BCUT2D eigenvalue weighted by atomic mass is 16.1. The van der Waals surface area contributed by atoms with Crippen molar-refractivity contribution in [2.24, 2.45) is 17.6 Å². The molecule has 1 saturated carbocycles. The van der Waals surface area contributed by atoms with Gasteiger partial charge < -0.3 is 11.1 Å². The molecular weight excluding hydrogens is 260 g/mol. The fourth-order valence-electron chi connectivity index (χ4n) is 4.09. The fraction of sp³-hybridized carbons (Fsp3) is 0.611. The third kappa shape index (κ3) is 3.13. The lowest BCUT2D eigenvalue weighted by Gasteiger charge is -2.26. The Kier molecular flexibility index (Phi) is 4.59. The summed E-state index contributed by atoms with van der Waals surface area (Å²) < 4.78 is 0. The van der Waals surface area contributed by atoms with Gasteiger partial charge in [0.05, 0.1) is 0 Å². The highest BCUT2D eigenvalue weighted by molar-refractivity contribution is 5.79. The molecule has 0 spiro atoms. The van der Waals surface area contributed by atoms with Crippen LogP contribution in [0.4, 0.5) is 0 Å². The number of hydrogen-bond acceptors (Lipinski definition) is 2. The van der Waals surface area contributed by atoms with Crippen LogP contribution in [0.2, 0.25) is 0 Å². The molecule has 2 aliphatic rings. The summed E-state index contributed by atoms with van der Waals surface area (Å²) in [4.78, 5) is 12.4. The Morgan fingerprint density at radius 3 is 2.90 bits per heavy atom. The van der Waals surface area contributed by atoms with Crippen molar-refractivity contribution in [1.29, 1.82) is 0 Å². The molecule has 1 amide bonds. The predicted molar refractivity (Wildman–Crippen MR) is 85.0 cm³/mol. The topological polar surface area (TPSA) is 55.1 Å². The van der Waals surface area contributed by atoms with Crippen molar-refractivity contribution < 1.29 is 4.79 Å². The first kappa shape index (κ1) is 14.6. The molecule has 3 nitrogen and oxygen atoms in total. The monoisotopic (exact) mass is 286 g/mol. The minimum atomic E-state index is 0.147. The van der Waals surface area contributed by atoms with Crippen LogP contribution in [0.5, 0.6) is 0 Å². The highest BCUT2D eigenvalue weighted by Crippen LogP contribution is 2.33. The van der Waals surface area contributed by atoms with Crippen LogP contribution in [0.3, 0.4) is 0 Å². The molecule has 0 aromatic heterocycles. The van der Waals surface area contributed by atoms with Crippen molar-refractivity contribution in [3.63, 3.8) is 0 Å². The van der Waals surface area contributed by atoms with Crippen molar-refractivity contribution in [2.45, 2.75) is 44.4 Å². The first-order valence-corrected chi connectivity index (χ1v) is 8.35. The number of aryl methyl sites for hydroxylation is 1. The molecule has 0 radical (unpaired) electrons. The Balaban J connectivity index is 1.60. The van der Waals surface area contributed by atoms with Gasteiger partial charge in [-0.1, -0.05) is 30.7 Å². The van der Waals surface area contributed by atoms with Crippen LogP contribution in [0, 0.1) is 11.8 Å². The maximum Gasteiger partial charge on any atom is 0.223 e. The molecule has 3 N–H and O–H groups in total. The van der Waals surface area contributed by atoms with E-state index < -0.39 is 0 Å². The zero-order chi connectivity index (χ0) is 14.7. The number of amides is 1. The second-order valence-corrected chi connectivity index (χ2v) is 6.57. The summed E-state index contributed by atoms with van der Waals surface area (Å²) in [5, 5.41) is 3.21. The van der Waals surface area contributed by atoms with E-state index in [1.54, 1.807) is 0 Å². The first-order chi connectivity index (χ1) is 10.3. The van der Waals surface area contributed by atoms with Crippen LogP contribution in [0.25, 0.3) is 0 Å². The number of carbonyl (C=O) groups excluding carboxylic acids is 1. The minimum absolute atomic E-state index is 0.147. The molecule has 3 heteroatoms. The summed E-state index contributed by atoms with van der Waals surface area (Å²) in [7, 11) is 0. The van der Waals surface area contributed by atoms with E-state index in [0.717, 1.165) is 25.8 Å². The van der Waals surface area contributed by atoms with Crippen LogP contribution in [0.15, 0.2) is 24.3 Å². The Morgan fingerprint density at radius 2 is 2.05 bits per heavy atom. The number of fused-ring (bicyclic) bond motifs is 1. The smallest absolute Gasteiger partial charge is 0.223 e. The third-order valence-corrected chi connectivity index (χ3v) is 5.31. The predicted octanol–water partition coefficient (Wildman–Crippen LogP) is 2.60. The molecule has 3 rings (SSSR count). The average Bonchev–Trinajstić information content (AvgIpc) is 3.01. The number of hydrogen-bond donors (Lipinski definition) is 2. The second kappa shape index (κ2) is 6.61. The number of benzene rings is 1. The van der Waals surface area contributed by atoms with Gasteiger partial charge in [0.15, 0.2) is 0 Å². The summed E-state index contributed by atoms with van der Waals surface area (Å²) in [6.07, 6.45) is 6.86. The lowest BCUT2D eigenvalue weighted by Crippen LogP contribution is -2.37. The number of nitrogens with two attached hydrogens (primary N) is 1. The van der Waals surface area contributed by atoms with Crippen LogP contribution in [-0.2, 0) is 11.2 Å². The van der Waals surface area contributed by atoms with Gasteiger partial charge in [-0.05, 0) is 55.7 Å². The maximum atomic E-state index is 12.4. The van der Waals surface area contributed by atoms with E-state index in [9.17, 15) is 4.79 Å². The van der Waals surface area contributed by atoms with Crippen LogP contribution < -0.4 is 11.1 Å². The number of carbonyl (C=O) groups is 1. The van der Waals surface area contributed by atoms with E-state index in [2.05, 4.69) is 29.6 Å². The molecule has 1 aromatic rings. The molecular formula is C18H26N2O. The lowest BCUT2D eigenvalue weighted by molar-refractivity contribution is -0.126. The van der Waals surface area contributed by atoms with E-state index >= 15 is 0 Å². The minimum Gasteiger partial charge on any atom is -0.355 e. The van der Waals surface area contributed by atoms with E-state index in [-0.39, 0.29) is 11.8 Å². The maximum absolute atomic E-state index is 12.4. The Bertz CT molecular complexity index is 500. The lowest BCUT2D eigenvalue weighted by atomic mass is 9.82. The molecule has 0 saturated heterocycles. The summed E-state index contributed by atoms with van der Waals surface area (Å²) in [5.41, 5.74) is 8.68. The SMILES string of the molecule is NC[C@H]1CCC[C@H]1C(=O)NCC1CCCc2ccccc21. The molecule has 0 heterocycles. The molecule has 3 atom stereocenters. The van der Waals surface area contributed by atoms with Gasteiger partial charge in [-0.3, -0.25) is 4.79 Å². The van der Waals surface area contributed by atoms with Gasteiger partial charge >= 0.3 is 0 Å². The molecule has 21 heavy (non-hydrogen) atoms. The zero-order valence-corrected chi connectivity index (χ0v) is 12.7. The van der Waals surface area contributed by atoms with E-state index in [1.165, 1.54) is 30.4 Å². The fourth-order valence-corrected chi connectivity index (χ4v) is 4.09. The molecule has 1 unspecified atom stereocenters. The molecule has 114 valence electrons. The van der Waals surface area contributed by atoms with E-state index in [0.29, 0.717) is 18.4 Å². The Hall–Kier alpha value is -1.35. The summed E-state index contributed by atoms with van der Waals surface area (Å²) in [6, 6.07) is 8.68. The van der Waals surface area contributed by atoms with Crippen LogP contribution in [0.1, 0.15) is 49.1 Å². The third-order valence-electron chi connectivity index (χ3n) is 5.31. The van der Waals surface area contributed by atoms with E-state index in [4.69, 9.17) is 5.73 Å². The van der Waals surface area contributed by atoms with E-state index in [1.807, 2.05) is 0 Å². The normalized spacial score (nSPS) is 28.1. The number of nitrogens with one attached hydrogen (secondary N) is 1. The van der Waals surface area contributed by atoms with Gasteiger partial charge in [0, 0.05) is 18.4 Å². The first-order valence-electron chi connectivity index (χ1n) is 8.35. The zero-order valence-electron chi connectivity index (χ0n) is 12.7. The molecule has 1 aromatic carbocycles. The van der Waals surface area contributed by atoms with Gasteiger partial charge in [-0.25, -0.2) is 0 Å². The second-order valence-electron chi connectivity index (χ2n) is 6.57. The molecule has 0 bridgehead atoms. The summed E-state index contributed by atoms with van der Waals surface area (Å²) in [6.45, 7) is 1.42. The van der Waals surface area contributed by atoms with Crippen LogP contribution in [-0.4, -0.2) is 19.0 Å². The largest absolute Gasteiger partial charge is 0.355 e. The summed E-state index contributed by atoms with van der Waals surface area (Å²) in [5.74, 6) is 1.25. The average molecular weight is 286 g/mol. The Labute approximate surface area is 127 Å². The number of rotatable bonds is 4. The van der Waals surface area contributed by atoms with Gasteiger partial charge in [-0.2, -0.15) is 0 Å². The molecule has 0 aliphatic heterocycles. The van der Waals surface area contributed by atoms with Gasteiger partial charge in [0.2, 0.25) is 5.91 Å². The van der Waals surface area contributed by atoms with Gasteiger partial charge in [-0.15, -0.1) is 0 Å². The van der Waals surface area contributed by atoms with Crippen molar-refractivity contribution in [2.75, 3.05) is 13.1 Å². The Morgan fingerprint density at radius 1 is 1.19 bits per heavy atom. The standard InChI is InChI=1S/C18H26N2O/c19-11-14-7-4-10-17(14)18(21)20-12-15-8-3-6-13-5-1-2-9-16(13)15/h1-2,5,9,14-15,17H,3-4,6-8,10-12,19H2,(H,20,21)/t14-,15?,17-/m1/s1. The summed E-state index contributed by atoms with van der Waals surface area (Å²) >= 11 is 0. The van der Waals surface area contributed by atoms with Crippen LogP contribution >= 0.6 is 0 Å². The van der Waals surface area contributed by atoms with Crippen molar-refractivity contribution in [1.82, 2.24) is 5.32 Å². The van der Waals surface area contributed by atoms with Crippen molar-refractivity contribution in [3.8, 4) is 0 Å². The quantitative estimate of drug-likeness (QED) is 0.894. The molecule has 1 fully saturated rings. The highest BCUT2D eigenvalue weighted by Gasteiger charge is 2.32. The van der Waals surface area contributed by atoms with Gasteiger partial charge in [0.1, 0.15) is 0 Å². The van der Waals surface area contributed by atoms with Gasteiger partial charge in [0.25, 0.3) is 0 Å².